The highest BCUT2D eigenvalue weighted by molar-refractivity contribution is 8.01. The van der Waals surface area contributed by atoms with Crippen LogP contribution in [0.15, 0.2) is 10.7 Å². The minimum Gasteiger partial charge on any atom is -0.356 e. The van der Waals surface area contributed by atoms with Crippen LogP contribution in [0.4, 0.5) is 22.5 Å². The molecule has 0 fully saturated rings. The molecule has 1 aliphatic rings. The minimum atomic E-state index is -0.284. The summed E-state index contributed by atoms with van der Waals surface area (Å²) in [5.74, 6) is 2.50. The zero-order chi connectivity index (χ0) is 18.5. The molecule has 8 nitrogen and oxygen atoms in total. The summed E-state index contributed by atoms with van der Waals surface area (Å²) < 4.78 is 0.919. The van der Waals surface area contributed by atoms with Gasteiger partial charge in [-0.2, -0.15) is 0 Å². The Bertz CT molecular complexity index is 765. The fraction of sp³-hybridized carbons (Fsp3) is 0.562. The van der Waals surface area contributed by atoms with Crippen molar-refractivity contribution < 1.29 is 4.79 Å². The lowest BCUT2D eigenvalue weighted by molar-refractivity contribution is -0.117. The number of fused-ring (bicyclic) bond motifs is 1. The van der Waals surface area contributed by atoms with Crippen molar-refractivity contribution in [1.82, 2.24) is 20.2 Å². The van der Waals surface area contributed by atoms with E-state index in [-0.39, 0.29) is 11.9 Å². The van der Waals surface area contributed by atoms with Gasteiger partial charge in [0.05, 0.1) is 0 Å². The van der Waals surface area contributed by atoms with E-state index in [1.54, 1.807) is 11.8 Å². The zero-order valence-electron chi connectivity index (χ0n) is 15.1. The molecule has 3 rings (SSSR count). The molecule has 10 heteroatoms. The van der Waals surface area contributed by atoms with E-state index < -0.39 is 0 Å². The summed E-state index contributed by atoms with van der Waals surface area (Å²) in [6.07, 6.45) is 4.53. The van der Waals surface area contributed by atoms with Crippen molar-refractivity contribution in [3.63, 3.8) is 0 Å². The predicted octanol–water partition coefficient (Wildman–Crippen LogP) is 3.74. The van der Waals surface area contributed by atoms with Crippen molar-refractivity contribution in [3.05, 3.63) is 6.33 Å². The van der Waals surface area contributed by atoms with E-state index in [1.165, 1.54) is 17.7 Å². The van der Waals surface area contributed by atoms with Gasteiger partial charge in [-0.1, -0.05) is 50.3 Å². The molecule has 0 spiro atoms. The van der Waals surface area contributed by atoms with Crippen LogP contribution in [0.2, 0.25) is 0 Å². The molecule has 0 radical (unpaired) electrons. The Kier molecular flexibility index (Phi) is 6.25. The van der Waals surface area contributed by atoms with Gasteiger partial charge in [-0.3, -0.25) is 4.79 Å². The van der Waals surface area contributed by atoms with E-state index in [0.29, 0.717) is 28.4 Å². The highest BCUT2D eigenvalue weighted by atomic mass is 32.2. The first-order valence-electron chi connectivity index (χ1n) is 8.72. The van der Waals surface area contributed by atoms with Gasteiger partial charge < -0.3 is 16.0 Å². The molecule has 1 aliphatic heterocycles. The average Bonchev–Trinajstić information content (AvgIpc) is 3.03. The van der Waals surface area contributed by atoms with Crippen LogP contribution in [-0.4, -0.2) is 37.9 Å². The van der Waals surface area contributed by atoms with E-state index >= 15 is 0 Å². The molecule has 0 bridgehead atoms. The fourth-order valence-electron chi connectivity index (χ4n) is 2.51. The number of carbonyl (C=O) groups is 1. The van der Waals surface area contributed by atoms with E-state index in [0.717, 1.165) is 29.4 Å². The number of carbonyl (C=O) groups excluding carboxylic acids is 1. The number of nitrogens with one attached hydrogen (secondary N) is 3. The lowest BCUT2D eigenvalue weighted by Gasteiger charge is -2.27. The molecule has 3 N–H and O–H groups in total. The molecular weight excluding hydrogens is 370 g/mol. The number of hydrogen-bond acceptors (Lipinski definition) is 9. The van der Waals surface area contributed by atoms with Crippen LogP contribution in [-0.2, 0) is 4.79 Å². The van der Waals surface area contributed by atoms with Crippen LogP contribution < -0.4 is 16.0 Å². The van der Waals surface area contributed by atoms with Gasteiger partial charge in [-0.05, 0) is 18.8 Å². The Morgan fingerprint density at radius 1 is 1.35 bits per heavy atom. The molecule has 1 atom stereocenters. The number of unbranched alkanes of at least 4 members (excludes halogenated alkanes) is 1. The Balaban J connectivity index is 1.72. The molecule has 0 aromatic carbocycles. The van der Waals surface area contributed by atoms with Crippen molar-refractivity contribution in [2.75, 3.05) is 21.7 Å². The number of hydrogen-bond donors (Lipinski definition) is 3. The maximum absolute atomic E-state index is 12.4. The molecule has 26 heavy (non-hydrogen) atoms. The van der Waals surface area contributed by atoms with Crippen LogP contribution in [0.3, 0.4) is 0 Å². The quantitative estimate of drug-likeness (QED) is 0.460. The first kappa shape index (κ1) is 18.8. The predicted molar refractivity (Wildman–Crippen MR) is 106 cm³/mol. The van der Waals surface area contributed by atoms with E-state index in [1.807, 2.05) is 0 Å². The van der Waals surface area contributed by atoms with Crippen molar-refractivity contribution in [1.29, 1.82) is 0 Å². The molecule has 140 valence electrons. The minimum absolute atomic E-state index is 0.0721. The Morgan fingerprint density at radius 2 is 2.19 bits per heavy atom. The number of rotatable bonds is 8. The van der Waals surface area contributed by atoms with Gasteiger partial charge in [0.1, 0.15) is 18.1 Å². The maximum Gasteiger partial charge on any atom is 0.247 e. The van der Waals surface area contributed by atoms with Crippen molar-refractivity contribution in [3.8, 4) is 0 Å². The topological polar surface area (TPSA) is 105 Å². The fourth-order valence-corrected chi connectivity index (χ4v) is 4.42. The highest BCUT2D eigenvalue weighted by Gasteiger charge is 2.29. The molecule has 3 heterocycles. The molecule has 2 aromatic rings. The van der Waals surface area contributed by atoms with E-state index in [2.05, 4.69) is 56.9 Å². The Hall–Kier alpha value is -1.94. The summed E-state index contributed by atoms with van der Waals surface area (Å²) in [5, 5.41) is 18.2. The highest BCUT2D eigenvalue weighted by Crippen LogP contribution is 2.35. The van der Waals surface area contributed by atoms with Gasteiger partial charge in [-0.25, -0.2) is 9.97 Å². The van der Waals surface area contributed by atoms with E-state index in [4.69, 9.17) is 0 Å². The van der Waals surface area contributed by atoms with Crippen molar-refractivity contribution >= 4 is 51.5 Å². The molecule has 1 amide bonds. The van der Waals surface area contributed by atoms with Gasteiger partial charge in [0.2, 0.25) is 11.0 Å². The lowest BCUT2D eigenvalue weighted by Crippen LogP contribution is -2.40. The number of anilines is 4. The summed E-state index contributed by atoms with van der Waals surface area (Å²) in [5.41, 5.74) is 0.549. The summed E-state index contributed by atoms with van der Waals surface area (Å²) >= 11 is 3.18. The lowest BCUT2D eigenvalue weighted by atomic mass is 10.0. The Labute approximate surface area is 161 Å². The van der Waals surface area contributed by atoms with Crippen LogP contribution in [0.5, 0.6) is 0 Å². The number of amides is 1. The molecule has 0 saturated heterocycles. The zero-order valence-corrected chi connectivity index (χ0v) is 16.7. The second-order valence-corrected chi connectivity index (χ2v) is 8.78. The van der Waals surface area contributed by atoms with Crippen LogP contribution >= 0.6 is 23.1 Å². The average molecular weight is 394 g/mol. The standard InChI is InChI=1S/C16H23N7OS2/c1-4-5-6-25-16-23-22-15(26-16)21-13-11-12(17-8-18-13)19-10(7-9(2)3)14(24)20-11/h8-10H,4-7H2,1-3H3,(H,20,24)(H2,17,18,19,21,22). The van der Waals surface area contributed by atoms with Crippen molar-refractivity contribution in [2.24, 2.45) is 5.92 Å². The largest absolute Gasteiger partial charge is 0.356 e. The molecule has 0 saturated carbocycles. The van der Waals surface area contributed by atoms with Crippen molar-refractivity contribution in [2.45, 2.75) is 50.4 Å². The molecular formula is C16H23N7OS2. The SMILES string of the molecule is CCCCSc1nnc(Nc2ncnc3c2NC(=O)C(CC(C)C)N3)s1. The normalized spacial score (nSPS) is 16.2. The summed E-state index contributed by atoms with van der Waals surface area (Å²) in [6.45, 7) is 6.34. The smallest absolute Gasteiger partial charge is 0.247 e. The Morgan fingerprint density at radius 3 is 2.96 bits per heavy atom. The van der Waals surface area contributed by atoms with Gasteiger partial charge in [0.25, 0.3) is 0 Å². The van der Waals surface area contributed by atoms with Gasteiger partial charge >= 0.3 is 0 Å². The van der Waals surface area contributed by atoms with Gasteiger partial charge in [0, 0.05) is 5.75 Å². The van der Waals surface area contributed by atoms with Crippen LogP contribution in [0, 0.1) is 5.92 Å². The van der Waals surface area contributed by atoms with E-state index in [9.17, 15) is 4.79 Å². The second-order valence-electron chi connectivity index (χ2n) is 6.46. The van der Waals surface area contributed by atoms with Crippen LogP contribution in [0.25, 0.3) is 0 Å². The maximum atomic E-state index is 12.4. The molecule has 2 aromatic heterocycles. The third kappa shape index (κ3) is 4.61. The summed E-state index contributed by atoms with van der Waals surface area (Å²) in [7, 11) is 0. The molecule has 1 unspecified atom stereocenters. The number of thioether (sulfide) groups is 1. The first-order chi connectivity index (χ1) is 12.6. The van der Waals surface area contributed by atoms with Gasteiger partial charge in [0.15, 0.2) is 16.0 Å². The third-order valence-electron chi connectivity index (χ3n) is 3.79. The first-order valence-corrected chi connectivity index (χ1v) is 10.5. The number of nitrogens with zero attached hydrogens (tertiary/aromatic N) is 4. The third-order valence-corrected chi connectivity index (χ3v) is 5.84. The second kappa shape index (κ2) is 8.63. The number of aromatic nitrogens is 4. The summed E-state index contributed by atoms with van der Waals surface area (Å²) in [6, 6.07) is -0.284. The monoisotopic (exact) mass is 393 g/mol. The van der Waals surface area contributed by atoms with Gasteiger partial charge in [-0.15, -0.1) is 10.2 Å². The van der Waals surface area contributed by atoms with Crippen LogP contribution in [0.1, 0.15) is 40.0 Å². The summed E-state index contributed by atoms with van der Waals surface area (Å²) in [4.78, 5) is 20.9. The molecule has 0 aliphatic carbocycles.